The van der Waals surface area contributed by atoms with Gasteiger partial charge in [-0.3, -0.25) is 4.79 Å². The van der Waals surface area contributed by atoms with Crippen LogP contribution in [0.25, 0.3) is 0 Å². The molecule has 0 spiro atoms. The Labute approximate surface area is 135 Å². The van der Waals surface area contributed by atoms with Crippen molar-refractivity contribution in [3.05, 3.63) is 59.7 Å². The topological polar surface area (TPSA) is 64.6 Å². The summed E-state index contributed by atoms with van der Waals surface area (Å²) in [6, 6.07) is 10.5. The van der Waals surface area contributed by atoms with Gasteiger partial charge in [0.25, 0.3) is 5.91 Å². The molecule has 0 unspecified atom stereocenters. The average Bonchev–Trinajstić information content (AvgIpc) is 2.53. The van der Waals surface area contributed by atoms with Crippen LogP contribution in [0.2, 0.25) is 0 Å². The van der Waals surface area contributed by atoms with Crippen LogP contribution in [-0.2, 0) is 4.74 Å². The molecule has 0 heterocycles. The molecule has 0 saturated carbocycles. The van der Waals surface area contributed by atoms with E-state index in [4.69, 9.17) is 0 Å². The minimum absolute atomic E-state index is 0.138. The first-order valence-corrected chi connectivity index (χ1v) is 6.64. The number of carbonyl (C=O) groups is 2. The van der Waals surface area contributed by atoms with Crippen LogP contribution in [-0.4, -0.2) is 25.3 Å². The molecule has 126 valence electrons. The summed E-state index contributed by atoms with van der Waals surface area (Å²) in [5.41, 5.74) is 0.637. The van der Waals surface area contributed by atoms with Crippen molar-refractivity contribution in [2.24, 2.45) is 0 Å². The molecule has 2 aromatic carbocycles. The van der Waals surface area contributed by atoms with Gasteiger partial charge in [0.2, 0.25) is 0 Å². The first kappa shape index (κ1) is 17.3. The smallest absolute Gasteiger partial charge is 0.465 e. The van der Waals surface area contributed by atoms with Crippen molar-refractivity contribution in [3.8, 4) is 5.75 Å². The molecule has 0 aliphatic carbocycles. The van der Waals surface area contributed by atoms with Crippen LogP contribution < -0.4 is 10.1 Å². The molecule has 0 aliphatic rings. The Bertz CT molecular complexity index is 742. The molecule has 8 heteroatoms. The SMILES string of the molecule is COC(=O)c1ccc(C(=O)Nc2cccc(OC(F)(F)F)c2)cc1. The molecule has 0 aromatic heterocycles. The molecule has 2 aromatic rings. The summed E-state index contributed by atoms with van der Waals surface area (Å²) in [6.07, 6.45) is -4.81. The fourth-order valence-corrected chi connectivity index (χ4v) is 1.85. The van der Waals surface area contributed by atoms with Gasteiger partial charge in [0, 0.05) is 17.3 Å². The Hall–Kier alpha value is -3.03. The number of ether oxygens (including phenoxy) is 2. The molecule has 0 fully saturated rings. The maximum Gasteiger partial charge on any atom is 0.573 e. The van der Waals surface area contributed by atoms with Crippen LogP contribution in [0.4, 0.5) is 18.9 Å². The Morgan fingerprint density at radius 2 is 1.62 bits per heavy atom. The number of carbonyl (C=O) groups excluding carboxylic acids is 2. The fraction of sp³-hybridized carbons (Fsp3) is 0.125. The third-order valence-electron chi connectivity index (χ3n) is 2.89. The van der Waals surface area contributed by atoms with Gasteiger partial charge in [-0.1, -0.05) is 6.07 Å². The summed E-state index contributed by atoms with van der Waals surface area (Å²) < 4.78 is 44.9. The molecule has 2 rings (SSSR count). The van der Waals surface area contributed by atoms with Crippen molar-refractivity contribution < 1.29 is 32.2 Å². The lowest BCUT2D eigenvalue weighted by Crippen LogP contribution is -2.17. The minimum Gasteiger partial charge on any atom is -0.465 e. The molecule has 1 N–H and O–H groups in total. The van der Waals surface area contributed by atoms with Crippen LogP contribution in [0.1, 0.15) is 20.7 Å². The lowest BCUT2D eigenvalue weighted by atomic mass is 10.1. The number of benzene rings is 2. The van der Waals surface area contributed by atoms with Crippen molar-refractivity contribution in [2.75, 3.05) is 12.4 Å². The van der Waals surface area contributed by atoms with Gasteiger partial charge in [0.1, 0.15) is 5.75 Å². The molecule has 0 aliphatic heterocycles. The molecule has 1 amide bonds. The minimum atomic E-state index is -4.81. The average molecular weight is 339 g/mol. The van der Waals surface area contributed by atoms with Gasteiger partial charge in [-0.05, 0) is 36.4 Å². The number of alkyl halides is 3. The number of methoxy groups -OCH3 is 1. The number of amides is 1. The Morgan fingerprint density at radius 3 is 2.21 bits per heavy atom. The van der Waals surface area contributed by atoms with Gasteiger partial charge >= 0.3 is 12.3 Å². The maximum absolute atomic E-state index is 12.2. The van der Waals surface area contributed by atoms with E-state index in [0.29, 0.717) is 0 Å². The highest BCUT2D eigenvalue weighted by atomic mass is 19.4. The number of anilines is 1. The van der Waals surface area contributed by atoms with Gasteiger partial charge in [-0.2, -0.15) is 0 Å². The summed E-state index contributed by atoms with van der Waals surface area (Å²) in [7, 11) is 1.24. The molecular formula is C16H12F3NO4. The van der Waals surface area contributed by atoms with E-state index in [0.717, 1.165) is 12.1 Å². The molecule has 0 atom stereocenters. The van der Waals surface area contributed by atoms with E-state index in [9.17, 15) is 22.8 Å². The second-order valence-electron chi connectivity index (χ2n) is 4.60. The van der Waals surface area contributed by atoms with Crippen LogP contribution in [0, 0.1) is 0 Å². The number of halogens is 3. The lowest BCUT2D eigenvalue weighted by Gasteiger charge is -2.11. The summed E-state index contributed by atoms with van der Waals surface area (Å²) >= 11 is 0. The van der Waals surface area contributed by atoms with Crippen LogP contribution >= 0.6 is 0 Å². The summed E-state index contributed by atoms with van der Waals surface area (Å²) in [6.45, 7) is 0. The fourth-order valence-electron chi connectivity index (χ4n) is 1.85. The highest BCUT2D eigenvalue weighted by Crippen LogP contribution is 2.25. The van der Waals surface area contributed by atoms with Gasteiger partial charge in [0.15, 0.2) is 0 Å². The van der Waals surface area contributed by atoms with Crippen LogP contribution in [0.3, 0.4) is 0 Å². The molecule has 0 bridgehead atoms. The quantitative estimate of drug-likeness (QED) is 0.864. The van der Waals surface area contributed by atoms with E-state index in [1.807, 2.05) is 0 Å². The second-order valence-corrected chi connectivity index (χ2v) is 4.60. The number of nitrogens with one attached hydrogen (secondary N) is 1. The molecule has 24 heavy (non-hydrogen) atoms. The number of rotatable bonds is 4. The molecular weight excluding hydrogens is 327 g/mol. The highest BCUT2D eigenvalue weighted by molar-refractivity contribution is 6.04. The van der Waals surface area contributed by atoms with Crippen LogP contribution in [0.15, 0.2) is 48.5 Å². The predicted molar refractivity (Wildman–Crippen MR) is 78.9 cm³/mol. The number of hydrogen-bond acceptors (Lipinski definition) is 4. The van der Waals surface area contributed by atoms with Gasteiger partial charge in [-0.25, -0.2) is 4.79 Å². The molecule has 5 nitrogen and oxygen atoms in total. The zero-order valence-corrected chi connectivity index (χ0v) is 12.4. The molecule has 0 saturated heterocycles. The Morgan fingerprint density at radius 1 is 1.00 bits per heavy atom. The van der Waals surface area contributed by atoms with Crippen molar-refractivity contribution in [1.29, 1.82) is 0 Å². The highest BCUT2D eigenvalue weighted by Gasteiger charge is 2.31. The lowest BCUT2D eigenvalue weighted by molar-refractivity contribution is -0.274. The van der Waals surface area contributed by atoms with Gasteiger partial charge < -0.3 is 14.8 Å². The van der Waals surface area contributed by atoms with Crippen molar-refractivity contribution in [1.82, 2.24) is 0 Å². The second kappa shape index (κ2) is 7.03. The normalized spacial score (nSPS) is 10.8. The number of esters is 1. The Kier molecular flexibility index (Phi) is 5.08. The third-order valence-corrected chi connectivity index (χ3v) is 2.89. The van der Waals surface area contributed by atoms with E-state index in [-0.39, 0.29) is 16.8 Å². The number of hydrogen-bond donors (Lipinski definition) is 1. The Balaban J connectivity index is 2.09. The van der Waals surface area contributed by atoms with E-state index in [1.54, 1.807) is 0 Å². The summed E-state index contributed by atoms with van der Waals surface area (Å²) in [5, 5.41) is 2.44. The standard InChI is InChI=1S/C16H12F3NO4/c1-23-15(22)11-7-5-10(6-8-11)14(21)20-12-3-2-4-13(9-12)24-16(17,18)19/h2-9H,1H3,(H,20,21). The summed E-state index contributed by atoms with van der Waals surface area (Å²) in [5.74, 6) is -1.53. The first-order chi connectivity index (χ1) is 11.3. The largest absolute Gasteiger partial charge is 0.573 e. The predicted octanol–water partition coefficient (Wildman–Crippen LogP) is 3.62. The monoisotopic (exact) mass is 339 g/mol. The van der Waals surface area contributed by atoms with E-state index < -0.39 is 24.0 Å². The van der Waals surface area contributed by atoms with Crippen LogP contribution in [0.5, 0.6) is 5.75 Å². The van der Waals surface area contributed by atoms with Crippen molar-refractivity contribution >= 4 is 17.6 Å². The van der Waals surface area contributed by atoms with Crippen molar-refractivity contribution in [3.63, 3.8) is 0 Å². The van der Waals surface area contributed by atoms with E-state index in [2.05, 4.69) is 14.8 Å². The zero-order valence-electron chi connectivity index (χ0n) is 12.4. The summed E-state index contributed by atoms with van der Waals surface area (Å²) in [4.78, 5) is 23.4. The van der Waals surface area contributed by atoms with Gasteiger partial charge in [-0.15, -0.1) is 13.2 Å². The first-order valence-electron chi connectivity index (χ1n) is 6.64. The van der Waals surface area contributed by atoms with Gasteiger partial charge in [0.05, 0.1) is 12.7 Å². The molecule has 0 radical (unpaired) electrons. The maximum atomic E-state index is 12.2. The zero-order chi connectivity index (χ0) is 17.7. The third kappa shape index (κ3) is 4.73. The van der Waals surface area contributed by atoms with Crippen molar-refractivity contribution in [2.45, 2.75) is 6.36 Å². The van der Waals surface area contributed by atoms with E-state index >= 15 is 0 Å². The van der Waals surface area contributed by atoms with E-state index in [1.165, 1.54) is 43.5 Å².